The molecule has 1 saturated heterocycles. The molecule has 1 fully saturated rings. The minimum atomic E-state index is -0.948. The normalized spacial score (nSPS) is 17.1. The van der Waals surface area contributed by atoms with Gasteiger partial charge in [0.25, 0.3) is 5.91 Å². The number of rotatable bonds is 6. The standard InChI is InChI=1S/C23H28N2O4/c1-23(2,3)29-22(27)20-21(26)25(14-13-24-20)15-17-9-11-19(12-10-17)28-16-18-7-5-4-6-8-18/h4-12,20,24H,13-16H2,1-3H3. The molecule has 0 spiro atoms. The Hall–Kier alpha value is -2.86. The average Bonchev–Trinajstić information content (AvgIpc) is 2.68. The second-order valence-electron chi connectivity index (χ2n) is 8.10. The molecule has 1 amide bonds. The Morgan fingerprint density at radius 2 is 1.76 bits per heavy atom. The molecule has 1 atom stereocenters. The molecule has 0 saturated carbocycles. The number of nitrogens with zero attached hydrogens (tertiary/aromatic N) is 1. The number of piperazine rings is 1. The van der Waals surface area contributed by atoms with Crippen molar-refractivity contribution in [2.45, 2.75) is 45.6 Å². The first-order valence-corrected chi connectivity index (χ1v) is 9.82. The smallest absolute Gasteiger partial charge is 0.333 e. The first-order chi connectivity index (χ1) is 13.8. The maximum absolute atomic E-state index is 12.7. The van der Waals surface area contributed by atoms with E-state index in [1.54, 1.807) is 25.7 Å². The molecule has 6 nitrogen and oxygen atoms in total. The van der Waals surface area contributed by atoms with Gasteiger partial charge in [0.2, 0.25) is 0 Å². The fraction of sp³-hybridized carbons (Fsp3) is 0.391. The molecule has 1 aliphatic rings. The van der Waals surface area contributed by atoms with E-state index in [0.717, 1.165) is 16.9 Å². The Bertz CT molecular complexity index is 828. The monoisotopic (exact) mass is 396 g/mol. The molecule has 3 rings (SSSR count). The van der Waals surface area contributed by atoms with E-state index in [1.165, 1.54) is 0 Å². The summed E-state index contributed by atoms with van der Waals surface area (Å²) >= 11 is 0. The molecule has 1 N–H and O–H groups in total. The van der Waals surface area contributed by atoms with Gasteiger partial charge in [-0.2, -0.15) is 0 Å². The van der Waals surface area contributed by atoms with Crippen LogP contribution in [0.4, 0.5) is 0 Å². The van der Waals surface area contributed by atoms with E-state index in [1.807, 2.05) is 54.6 Å². The zero-order chi connectivity index (χ0) is 20.9. The highest BCUT2D eigenvalue weighted by molar-refractivity contribution is 6.02. The van der Waals surface area contributed by atoms with Crippen LogP contribution in [0, 0.1) is 0 Å². The van der Waals surface area contributed by atoms with Crippen molar-refractivity contribution in [2.24, 2.45) is 0 Å². The fourth-order valence-corrected chi connectivity index (χ4v) is 3.08. The zero-order valence-electron chi connectivity index (χ0n) is 17.2. The SMILES string of the molecule is CC(C)(C)OC(=O)C1NCCN(Cc2ccc(OCc3ccccc3)cc2)C1=O. The Balaban J connectivity index is 1.56. The van der Waals surface area contributed by atoms with Crippen LogP contribution >= 0.6 is 0 Å². The Kier molecular flexibility index (Phi) is 6.54. The van der Waals surface area contributed by atoms with Crippen molar-refractivity contribution >= 4 is 11.9 Å². The maximum Gasteiger partial charge on any atom is 0.333 e. The lowest BCUT2D eigenvalue weighted by Crippen LogP contribution is -2.59. The summed E-state index contributed by atoms with van der Waals surface area (Å²) in [6.45, 7) is 7.41. The largest absolute Gasteiger partial charge is 0.489 e. The Morgan fingerprint density at radius 1 is 1.07 bits per heavy atom. The van der Waals surface area contributed by atoms with Gasteiger partial charge in [-0.15, -0.1) is 0 Å². The van der Waals surface area contributed by atoms with Gasteiger partial charge >= 0.3 is 5.97 Å². The molecular weight excluding hydrogens is 368 g/mol. The van der Waals surface area contributed by atoms with Crippen LogP contribution in [-0.2, 0) is 27.5 Å². The molecule has 2 aromatic rings. The number of esters is 1. The minimum absolute atomic E-state index is 0.255. The summed E-state index contributed by atoms with van der Waals surface area (Å²) in [6.07, 6.45) is 0. The van der Waals surface area contributed by atoms with Gasteiger partial charge in [-0.05, 0) is 44.0 Å². The summed E-state index contributed by atoms with van der Waals surface area (Å²) in [5.41, 5.74) is 1.46. The molecule has 0 radical (unpaired) electrons. The van der Waals surface area contributed by atoms with Crippen molar-refractivity contribution in [1.29, 1.82) is 0 Å². The first-order valence-electron chi connectivity index (χ1n) is 9.82. The van der Waals surface area contributed by atoms with Crippen LogP contribution in [-0.4, -0.2) is 41.5 Å². The number of carbonyl (C=O) groups is 2. The van der Waals surface area contributed by atoms with Gasteiger partial charge in [-0.3, -0.25) is 10.1 Å². The zero-order valence-corrected chi connectivity index (χ0v) is 17.2. The van der Waals surface area contributed by atoms with Gasteiger partial charge in [0.05, 0.1) is 0 Å². The molecular formula is C23H28N2O4. The molecule has 2 aromatic carbocycles. The number of benzene rings is 2. The van der Waals surface area contributed by atoms with Crippen LogP contribution in [0.25, 0.3) is 0 Å². The van der Waals surface area contributed by atoms with Crippen molar-refractivity contribution in [3.05, 3.63) is 65.7 Å². The fourth-order valence-electron chi connectivity index (χ4n) is 3.08. The molecule has 0 aromatic heterocycles. The van der Waals surface area contributed by atoms with E-state index < -0.39 is 17.6 Å². The van der Waals surface area contributed by atoms with Crippen LogP contribution in [0.1, 0.15) is 31.9 Å². The molecule has 0 bridgehead atoms. The second kappa shape index (κ2) is 9.09. The van der Waals surface area contributed by atoms with E-state index in [4.69, 9.17) is 9.47 Å². The van der Waals surface area contributed by atoms with Gasteiger partial charge in [0.1, 0.15) is 18.0 Å². The van der Waals surface area contributed by atoms with Crippen LogP contribution < -0.4 is 10.1 Å². The lowest BCUT2D eigenvalue weighted by atomic mass is 10.1. The van der Waals surface area contributed by atoms with Gasteiger partial charge in [0.15, 0.2) is 6.04 Å². The van der Waals surface area contributed by atoms with Crippen molar-refractivity contribution in [2.75, 3.05) is 13.1 Å². The topological polar surface area (TPSA) is 67.9 Å². The van der Waals surface area contributed by atoms with E-state index in [-0.39, 0.29) is 5.91 Å². The van der Waals surface area contributed by atoms with E-state index in [2.05, 4.69) is 5.32 Å². The van der Waals surface area contributed by atoms with Crippen molar-refractivity contribution in [3.8, 4) is 5.75 Å². The van der Waals surface area contributed by atoms with E-state index >= 15 is 0 Å². The third-order valence-electron chi connectivity index (χ3n) is 4.48. The number of hydrogen-bond acceptors (Lipinski definition) is 5. The highest BCUT2D eigenvalue weighted by Crippen LogP contribution is 2.17. The van der Waals surface area contributed by atoms with Gasteiger partial charge in [0, 0.05) is 19.6 Å². The van der Waals surface area contributed by atoms with Gasteiger partial charge in [-0.1, -0.05) is 42.5 Å². The molecule has 1 unspecified atom stereocenters. The molecule has 1 aliphatic heterocycles. The van der Waals surface area contributed by atoms with E-state index in [0.29, 0.717) is 26.2 Å². The van der Waals surface area contributed by atoms with Crippen molar-refractivity contribution < 1.29 is 19.1 Å². The first kappa shape index (κ1) is 20.9. The van der Waals surface area contributed by atoms with Crippen molar-refractivity contribution in [1.82, 2.24) is 10.2 Å². The van der Waals surface area contributed by atoms with Crippen LogP contribution in [0.5, 0.6) is 5.75 Å². The number of nitrogens with one attached hydrogen (secondary N) is 1. The lowest BCUT2D eigenvalue weighted by Gasteiger charge is -2.33. The van der Waals surface area contributed by atoms with Crippen LogP contribution in [0.2, 0.25) is 0 Å². The Labute approximate surface area is 171 Å². The summed E-state index contributed by atoms with van der Waals surface area (Å²) in [7, 11) is 0. The van der Waals surface area contributed by atoms with Crippen molar-refractivity contribution in [3.63, 3.8) is 0 Å². The molecule has 6 heteroatoms. The second-order valence-corrected chi connectivity index (χ2v) is 8.10. The lowest BCUT2D eigenvalue weighted by molar-refractivity contribution is -0.163. The quantitative estimate of drug-likeness (QED) is 0.601. The minimum Gasteiger partial charge on any atom is -0.489 e. The summed E-state index contributed by atoms with van der Waals surface area (Å²) in [5, 5.41) is 2.96. The number of amides is 1. The number of hydrogen-bond donors (Lipinski definition) is 1. The highest BCUT2D eigenvalue weighted by atomic mass is 16.6. The summed E-state index contributed by atoms with van der Waals surface area (Å²) in [5.74, 6) is -0.0114. The summed E-state index contributed by atoms with van der Waals surface area (Å²) in [6, 6.07) is 16.7. The van der Waals surface area contributed by atoms with Gasteiger partial charge in [-0.25, -0.2) is 4.79 Å². The third-order valence-corrected chi connectivity index (χ3v) is 4.48. The number of carbonyl (C=O) groups excluding carboxylic acids is 2. The molecule has 29 heavy (non-hydrogen) atoms. The van der Waals surface area contributed by atoms with Crippen LogP contribution in [0.3, 0.4) is 0 Å². The third kappa shape index (κ3) is 6.06. The highest BCUT2D eigenvalue weighted by Gasteiger charge is 2.36. The Morgan fingerprint density at radius 3 is 2.41 bits per heavy atom. The predicted octanol–water partition coefficient (Wildman–Crippen LogP) is 2.91. The average molecular weight is 396 g/mol. The summed E-state index contributed by atoms with van der Waals surface area (Å²) < 4.78 is 11.2. The van der Waals surface area contributed by atoms with Crippen LogP contribution in [0.15, 0.2) is 54.6 Å². The van der Waals surface area contributed by atoms with E-state index in [9.17, 15) is 9.59 Å². The molecule has 0 aliphatic carbocycles. The maximum atomic E-state index is 12.7. The predicted molar refractivity (Wildman–Crippen MR) is 110 cm³/mol. The molecule has 1 heterocycles. The van der Waals surface area contributed by atoms with Gasteiger partial charge < -0.3 is 14.4 Å². The summed E-state index contributed by atoms with van der Waals surface area (Å²) in [4.78, 5) is 26.7. The number of ether oxygens (including phenoxy) is 2. The molecule has 154 valence electrons.